The second-order valence-corrected chi connectivity index (χ2v) is 5.88. The van der Waals surface area contributed by atoms with Crippen LogP contribution in [0.1, 0.15) is 25.2 Å². The lowest BCUT2D eigenvalue weighted by molar-refractivity contribution is -0.134. The van der Waals surface area contributed by atoms with E-state index in [2.05, 4.69) is 4.98 Å². The van der Waals surface area contributed by atoms with Crippen LogP contribution in [-0.4, -0.2) is 40.1 Å². The van der Waals surface area contributed by atoms with Gasteiger partial charge in [-0.1, -0.05) is 0 Å². The zero-order valence-corrected chi connectivity index (χ0v) is 13.0. The third-order valence-corrected chi connectivity index (χ3v) is 4.05. The standard InChI is InChI=1S/C17H18F2N2O3/c18-11-3-4-13(14(19)8-11)15-9-20-16(24-15)5-6-17(23)21-7-1-2-12(22)10-21/h3-4,8-9,12,22H,1-2,5-7,10H2. The maximum atomic E-state index is 13.7. The highest BCUT2D eigenvalue weighted by Crippen LogP contribution is 2.24. The number of oxazole rings is 1. The van der Waals surface area contributed by atoms with Crippen LogP contribution in [0.5, 0.6) is 0 Å². The molecule has 0 spiro atoms. The molecular weight excluding hydrogens is 318 g/mol. The topological polar surface area (TPSA) is 66.6 Å². The molecule has 5 nitrogen and oxygen atoms in total. The van der Waals surface area contributed by atoms with Gasteiger partial charge in [0.2, 0.25) is 5.91 Å². The molecule has 1 atom stereocenters. The summed E-state index contributed by atoms with van der Waals surface area (Å²) in [5.74, 6) is -0.939. The first-order valence-corrected chi connectivity index (χ1v) is 7.89. The van der Waals surface area contributed by atoms with Gasteiger partial charge in [-0.3, -0.25) is 4.79 Å². The van der Waals surface area contributed by atoms with Gasteiger partial charge in [-0.05, 0) is 25.0 Å². The summed E-state index contributed by atoms with van der Waals surface area (Å²) in [5, 5.41) is 9.60. The molecule has 1 aromatic heterocycles. The fourth-order valence-electron chi connectivity index (χ4n) is 2.79. The largest absolute Gasteiger partial charge is 0.441 e. The number of aromatic nitrogens is 1. The molecule has 3 rings (SSSR count). The second-order valence-electron chi connectivity index (χ2n) is 5.88. The molecule has 2 aromatic rings. The first kappa shape index (κ1) is 16.6. The van der Waals surface area contributed by atoms with Crippen LogP contribution in [0, 0.1) is 11.6 Å². The minimum absolute atomic E-state index is 0.0681. The molecule has 1 amide bonds. The van der Waals surface area contributed by atoms with Gasteiger partial charge >= 0.3 is 0 Å². The van der Waals surface area contributed by atoms with Crippen LogP contribution in [0.3, 0.4) is 0 Å². The summed E-state index contributed by atoms with van der Waals surface area (Å²) in [7, 11) is 0. The molecule has 1 saturated heterocycles. The Kier molecular flexibility index (Phi) is 4.89. The van der Waals surface area contributed by atoms with Crippen LogP contribution in [0.15, 0.2) is 28.8 Å². The number of carbonyl (C=O) groups excluding carboxylic acids is 1. The van der Waals surface area contributed by atoms with E-state index in [0.717, 1.165) is 25.0 Å². The number of hydrogen-bond donors (Lipinski definition) is 1. The number of aryl methyl sites for hydroxylation is 1. The number of aliphatic hydroxyl groups excluding tert-OH is 1. The van der Waals surface area contributed by atoms with Crippen LogP contribution >= 0.6 is 0 Å². The number of rotatable bonds is 4. The third kappa shape index (κ3) is 3.79. The molecule has 0 saturated carbocycles. The number of amides is 1. The number of hydrogen-bond acceptors (Lipinski definition) is 4. The van der Waals surface area contributed by atoms with Crippen molar-refractivity contribution in [2.45, 2.75) is 31.8 Å². The van der Waals surface area contributed by atoms with Crippen molar-refractivity contribution in [3.63, 3.8) is 0 Å². The Morgan fingerprint density at radius 2 is 2.25 bits per heavy atom. The Morgan fingerprint density at radius 3 is 3.00 bits per heavy atom. The molecule has 0 aliphatic carbocycles. The van der Waals surface area contributed by atoms with Gasteiger partial charge in [0.15, 0.2) is 11.7 Å². The molecule has 1 aromatic carbocycles. The molecule has 1 aliphatic heterocycles. The lowest BCUT2D eigenvalue weighted by Gasteiger charge is -2.30. The van der Waals surface area contributed by atoms with E-state index >= 15 is 0 Å². The summed E-state index contributed by atoms with van der Waals surface area (Å²) in [4.78, 5) is 17.8. The SMILES string of the molecule is O=C(CCc1ncc(-c2ccc(F)cc2F)o1)N1CCCC(O)C1. The number of piperidine rings is 1. The lowest BCUT2D eigenvalue weighted by Crippen LogP contribution is -2.42. The van der Waals surface area contributed by atoms with E-state index in [1.54, 1.807) is 4.90 Å². The number of likely N-dealkylation sites (tertiary alicyclic amines) is 1. The molecule has 1 aliphatic rings. The van der Waals surface area contributed by atoms with E-state index in [9.17, 15) is 18.7 Å². The van der Waals surface area contributed by atoms with Crippen LogP contribution in [0.2, 0.25) is 0 Å². The molecule has 2 heterocycles. The van der Waals surface area contributed by atoms with Crippen molar-refractivity contribution in [2.24, 2.45) is 0 Å². The number of halogens is 2. The molecule has 1 fully saturated rings. The monoisotopic (exact) mass is 336 g/mol. The second kappa shape index (κ2) is 7.09. The molecule has 1 N–H and O–H groups in total. The molecule has 0 radical (unpaired) electrons. The quantitative estimate of drug-likeness (QED) is 0.932. The van der Waals surface area contributed by atoms with Gasteiger partial charge in [-0.25, -0.2) is 13.8 Å². The summed E-state index contributed by atoms with van der Waals surface area (Å²) >= 11 is 0. The molecule has 7 heteroatoms. The van der Waals surface area contributed by atoms with Crippen molar-refractivity contribution in [1.82, 2.24) is 9.88 Å². The van der Waals surface area contributed by atoms with E-state index in [4.69, 9.17) is 4.42 Å². The minimum atomic E-state index is -0.726. The van der Waals surface area contributed by atoms with Crippen molar-refractivity contribution >= 4 is 5.91 Å². The van der Waals surface area contributed by atoms with Gasteiger partial charge in [0, 0.05) is 32.0 Å². The van der Waals surface area contributed by atoms with Gasteiger partial charge in [0.05, 0.1) is 17.9 Å². The van der Waals surface area contributed by atoms with Gasteiger partial charge in [0.1, 0.15) is 11.6 Å². The predicted molar refractivity (Wildman–Crippen MR) is 82.0 cm³/mol. The first-order chi connectivity index (χ1) is 11.5. The van der Waals surface area contributed by atoms with E-state index in [1.165, 1.54) is 12.3 Å². The number of nitrogens with zero attached hydrogens (tertiary/aromatic N) is 2. The van der Waals surface area contributed by atoms with Gasteiger partial charge < -0.3 is 14.4 Å². The smallest absolute Gasteiger partial charge is 0.223 e. The van der Waals surface area contributed by atoms with E-state index in [0.29, 0.717) is 19.0 Å². The summed E-state index contributed by atoms with van der Waals surface area (Å²) in [6.07, 6.45) is 2.90. The van der Waals surface area contributed by atoms with Crippen LogP contribution in [0.4, 0.5) is 8.78 Å². The highest BCUT2D eigenvalue weighted by Gasteiger charge is 2.22. The number of carbonyl (C=O) groups is 1. The Hall–Kier alpha value is -2.28. The van der Waals surface area contributed by atoms with Crippen LogP contribution in [0.25, 0.3) is 11.3 Å². The van der Waals surface area contributed by atoms with Gasteiger partial charge in [0.25, 0.3) is 0 Å². The lowest BCUT2D eigenvalue weighted by atomic mass is 10.1. The van der Waals surface area contributed by atoms with Gasteiger partial charge in [-0.2, -0.15) is 0 Å². The predicted octanol–water partition coefficient (Wildman–Crippen LogP) is 2.54. The van der Waals surface area contributed by atoms with Crippen LogP contribution < -0.4 is 0 Å². The maximum absolute atomic E-state index is 13.7. The van der Waals surface area contributed by atoms with E-state index in [-0.39, 0.29) is 30.1 Å². The van der Waals surface area contributed by atoms with E-state index < -0.39 is 17.7 Å². The van der Waals surface area contributed by atoms with Crippen molar-refractivity contribution in [2.75, 3.05) is 13.1 Å². The molecular formula is C17H18F2N2O3. The number of aliphatic hydroxyl groups is 1. The van der Waals surface area contributed by atoms with E-state index in [1.807, 2.05) is 0 Å². The first-order valence-electron chi connectivity index (χ1n) is 7.89. The van der Waals surface area contributed by atoms with Gasteiger partial charge in [-0.15, -0.1) is 0 Å². The Labute approximate surface area is 137 Å². The zero-order chi connectivity index (χ0) is 17.1. The number of benzene rings is 1. The highest BCUT2D eigenvalue weighted by molar-refractivity contribution is 5.76. The highest BCUT2D eigenvalue weighted by atomic mass is 19.1. The van der Waals surface area contributed by atoms with Crippen LogP contribution in [-0.2, 0) is 11.2 Å². The zero-order valence-electron chi connectivity index (χ0n) is 13.0. The minimum Gasteiger partial charge on any atom is -0.441 e. The Balaban J connectivity index is 1.61. The maximum Gasteiger partial charge on any atom is 0.223 e. The third-order valence-electron chi connectivity index (χ3n) is 4.05. The summed E-state index contributed by atoms with van der Waals surface area (Å²) < 4.78 is 32.1. The Bertz CT molecular complexity index is 732. The van der Waals surface area contributed by atoms with Crippen molar-refractivity contribution < 1.29 is 23.1 Å². The fraction of sp³-hybridized carbons (Fsp3) is 0.412. The summed E-state index contributed by atoms with van der Waals surface area (Å²) in [6, 6.07) is 3.21. The number of β-amino-alcohol motifs (C(OH)–C–C–N with tert-alkyl or cyclic N) is 1. The summed E-state index contributed by atoms with van der Waals surface area (Å²) in [5.41, 5.74) is 0.126. The Morgan fingerprint density at radius 1 is 1.42 bits per heavy atom. The molecule has 128 valence electrons. The average Bonchev–Trinajstić information content (AvgIpc) is 3.01. The normalized spacial score (nSPS) is 18.0. The molecule has 24 heavy (non-hydrogen) atoms. The molecule has 0 bridgehead atoms. The van der Waals surface area contributed by atoms with Crippen molar-refractivity contribution in [1.29, 1.82) is 0 Å². The summed E-state index contributed by atoms with van der Waals surface area (Å²) in [6.45, 7) is 1.00. The molecule has 1 unspecified atom stereocenters. The van der Waals surface area contributed by atoms with Crippen molar-refractivity contribution in [3.8, 4) is 11.3 Å². The average molecular weight is 336 g/mol. The fourth-order valence-corrected chi connectivity index (χ4v) is 2.79. The van der Waals surface area contributed by atoms with Crippen molar-refractivity contribution in [3.05, 3.63) is 41.9 Å².